The van der Waals surface area contributed by atoms with Crippen molar-refractivity contribution in [1.82, 2.24) is 10.2 Å². The van der Waals surface area contributed by atoms with Crippen LogP contribution in [0.15, 0.2) is 78.9 Å². The number of carbonyl (C=O) groups is 2. The summed E-state index contributed by atoms with van der Waals surface area (Å²) >= 11 is 7.59. The van der Waals surface area contributed by atoms with E-state index in [9.17, 15) is 9.59 Å². The number of carbonyl (C=O) groups excluding carboxylic acids is 2. The fraction of sp³-hybridized carbons (Fsp3) is 0.231. The maximum atomic E-state index is 12.8. The topological polar surface area (TPSA) is 49.4 Å². The summed E-state index contributed by atoms with van der Waals surface area (Å²) < 4.78 is 0. The summed E-state index contributed by atoms with van der Waals surface area (Å²) in [4.78, 5) is 27.2. The van der Waals surface area contributed by atoms with Gasteiger partial charge in [0.15, 0.2) is 0 Å². The molecule has 1 saturated heterocycles. The Morgan fingerprint density at radius 2 is 1.75 bits per heavy atom. The third-order valence-electron chi connectivity index (χ3n) is 5.61. The number of halogens is 1. The second-order valence-electron chi connectivity index (χ2n) is 7.78. The average Bonchev–Trinajstić information content (AvgIpc) is 3.19. The number of nitrogens with one attached hydrogen (secondary N) is 1. The van der Waals surface area contributed by atoms with E-state index in [0.29, 0.717) is 22.9 Å². The minimum absolute atomic E-state index is 0.0266. The van der Waals surface area contributed by atoms with Crippen molar-refractivity contribution < 1.29 is 9.59 Å². The molecule has 1 aliphatic rings. The van der Waals surface area contributed by atoms with Crippen LogP contribution in [-0.4, -0.2) is 22.5 Å². The molecule has 1 N–H and O–H groups in total. The lowest BCUT2D eigenvalue weighted by molar-refractivity contribution is -0.128. The van der Waals surface area contributed by atoms with Crippen molar-refractivity contribution in [2.45, 2.75) is 31.3 Å². The largest absolute Gasteiger partial charge is 0.345 e. The smallest absolute Gasteiger partial charge is 0.251 e. The number of hydrogen-bond donors (Lipinski definition) is 1. The molecule has 0 aromatic heterocycles. The van der Waals surface area contributed by atoms with Crippen LogP contribution in [0.2, 0.25) is 5.02 Å². The molecule has 3 aromatic carbocycles. The van der Waals surface area contributed by atoms with Crippen molar-refractivity contribution in [2.24, 2.45) is 0 Å². The van der Waals surface area contributed by atoms with E-state index in [2.05, 4.69) is 12.2 Å². The van der Waals surface area contributed by atoms with Crippen LogP contribution in [-0.2, 0) is 11.3 Å². The predicted octanol–water partition coefficient (Wildman–Crippen LogP) is 6.00. The number of benzene rings is 3. The van der Waals surface area contributed by atoms with Gasteiger partial charge in [0.2, 0.25) is 5.91 Å². The van der Waals surface area contributed by atoms with Gasteiger partial charge < -0.3 is 10.2 Å². The van der Waals surface area contributed by atoms with Crippen LogP contribution in [0.25, 0.3) is 0 Å². The zero-order valence-electron chi connectivity index (χ0n) is 17.8. The van der Waals surface area contributed by atoms with Crippen molar-refractivity contribution in [3.8, 4) is 0 Å². The first-order valence-electron chi connectivity index (χ1n) is 10.7. The molecule has 4 rings (SSSR count). The molecule has 0 unspecified atom stereocenters. The zero-order valence-corrected chi connectivity index (χ0v) is 19.4. The summed E-state index contributed by atoms with van der Waals surface area (Å²) in [6.07, 6.45) is 0.814. The van der Waals surface area contributed by atoms with E-state index in [1.165, 1.54) is 0 Å². The van der Waals surface area contributed by atoms with Crippen LogP contribution in [0.5, 0.6) is 0 Å². The Labute approximate surface area is 198 Å². The molecule has 1 aliphatic heterocycles. The van der Waals surface area contributed by atoms with Crippen LogP contribution >= 0.6 is 23.4 Å². The second-order valence-corrected chi connectivity index (χ2v) is 9.28. The van der Waals surface area contributed by atoms with Crippen molar-refractivity contribution in [3.05, 3.63) is 106 Å². The molecule has 0 spiro atoms. The highest BCUT2D eigenvalue weighted by Crippen LogP contribution is 2.39. The minimum Gasteiger partial charge on any atom is -0.345 e. The van der Waals surface area contributed by atoms with Crippen molar-refractivity contribution in [1.29, 1.82) is 0 Å². The number of amides is 2. The average molecular weight is 465 g/mol. The van der Waals surface area contributed by atoms with E-state index in [-0.39, 0.29) is 23.2 Å². The molecule has 0 saturated carbocycles. The highest BCUT2D eigenvalue weighted by atomic mass is 35.5. The Kier molecular flexibility index (Phi) is 7.18. The lowest BCUT2D eigenvalue weighted by Crippen LogP contribution is -2.28. The van der Waals surface area contributed by atoms with Gasteiger partial charge in [0, 0.05) is 17.1 Å². The van der Waals surface area contributed by atoms with Gasteiger partial charge in [0.1, 0.15) is 5.37 Å². The summed E-state index contributed by atoms with van der Waals surface area (Å²) in [5.41, 5.74) is 3.76. The summed E-state index contributed by atoms with van der Waals surface area (Å²) in [6, 6.07) is 25.1. The molecule has 1 heterocycles. The summed E-state index contributed by atoms with van der Waals surface area (Å²) in [5.74, 6) is 0.473. The normalized spacial score (nSPS) is 16.8. The Bertz CT molecular complexity index is 1070. The Balaban J connectivity index is 1.45. The van der Waals surface area contributed by atoms with Gasteiger partial charge in [-0.15, -0.1) is 11.8 Å². The third-order valence-corrected chi connectivity index (χ3v) is 7.12. The Morgan fingerprint density at radius 3 is 2.41 bits per heavy atom. The predicted molar refractivity (Wildman–Crippen MR) is 131 cm³/mol. The van der Waals surface area contributed by atoms with E-state index < -0.39 is 0 Å². The van der Waals surface area contributed by atoms with Gasteiger partial charge in [-0.3, -0.25) is 9.59 Å². The molecule has 0 bridgehead atoms. The highest BCUT2D eigenvalue weighted by molar-refractivity contribution is 8.00. The van der Waals surface area contributed by atoms with E-state index in [1.807, 2.05) is 83.8 Å². The van der Waals surface area contributed by atoms with Gasteiger partial charge in [-0.2, -0.15) is 0 Å². The molecule has 2 atom stereocenters. The molecule has 32 heavy (non-hydrogen) atoms. The first-order chi connectivity index (χ1) is 15.5. The monoisotopic (exact) mass is 464 g/mol. The van der Waals surface area contributed by atoms with Gasteiger partial charge in [-0.05, 0) is 47.4 Å². The lowest BCUT2D eigenvalue weighted by atomic mass is 10.0. The number of thioether (sulfide) groups is 1. The molecule has 2 amide bonds. The molecule has 164 valence electrons. The van der Waals surface area contributed by atoms with Crippen molar-refractivity contribution in [2.75, 3.05) is 5.75 Å². The van der Waals surface area contributed by atoms with Crippen LogP contribution < -0.4 is 5.32 Å². The molecule has 1 fully saturated rings. The summed E-state index contributed by atoms with van der Waals surface area (Å²) in [6.45, 7) is 2.59. The number of rotatable bonds is 7. The van der Waals surface area contributed by atoms with Crippen LogP contribution in [0, 0.1) is 0 Å². The van der Waals surface area contributed by atoms with Crippen molar-refractivity contribution in [3.63, 3.8) is 0 Å². The number of hydrogen-bond acceptors (Lipinski definition) is 3. The highest BCUT2D eigenvalue weighted by Gasteiger charge is 2.32. The van der Waals surface area contributed by atoms with Crippen molar-refractivity contribution >= 4 is 35.2 Å². The van der Waals surface area contributed by atoms with Crippen LogP contribution in [0.3, 0.4) is 0 Å². The van der Waals surface area contributed by atoms with Gasteiger partial charge in [-0.1, -0.05) is 73.1 Å². The summed E-state index contributed by atoms with van der Waals surface area (Å²) in [5, 5.41) is 3.73. The number of nitrogens with zero attached hydrogens (tertiary/aromatic N) is 1. The molecule has 0 radical (unpaired) electrons. The zero-order chi connectivity index (χ0) is 22.5. The first-order valence-corrected chi connectivity index (χ1v) is 12.1. The minimum atomic E-state index is -0.0968. The molecule has 0 aliphatic carbocycles. The van der Waals surface area contributed by atoms with Gasteiger partial charge in [0.25, 0.3) is 5.91 Å². The quantitative estimate of drug-likeness (QED) is 0.466. The maximum Gasteiger partial charge on any atom is 0.251 e. The first kappa shape index (κ1) is 22.4. The van der Waals surface area contributed by atoms with E-state index in [4.69, 9.17) is 11.6 Å². The molecular formula is C26H25ClN2O2S. The third kappa shape index (κ3) is 5.17. The molecule has 6 heteroatoms. The van der Waals surface area contributed by atoms with Gasteiger partial charge in [0.05, 0.1) is 11.8 Å². The van der Waals surface area contributed by atoms with E-state index in [1.54, 1.807) is 11.8 Å². The van der Waals surface area contributed by atoms with E-state index in [0.717, 1.165) is 23.1 Å². The molecule has 4 nitrogen and oxygen atoms in total. The fourth-order valence-electron chi connectivity index (χ4n) is 3.83. The standard InChI is InChI=1S/C26H25ClN2O2S/c1-2-23(19-6-4-3-5-7-19)28-25(31)20-10-12-21(13-11-20)26-29(24(30)17-32-26)16-18-8-14-22(27)15-9-18/h3-15,23,26H,2,16-17H2,1H3,(H,28,31)/t23-,26+/m1/s1. The second kappa shape index (κ2) is 10.2. The SMILES string of the molecule is CC[C@@H](NC(=O)c1ccc([C@@H]2SCC(=O)N2Cc2ccc(Cl)cc2)cc1)c1ccccc1. The van der Waals surface area contributed by atoms with Crippen LogP contribution in [0.4, 0.5) is 0 Å². The van der Waals surface area contributed by atoms with E-state index >= 15 is 0 Å². The van der Waals surface area contributed by atoms with Gasteiger partial charge in [-0.25, -0.2) is 0 Å². The summed E-state index contributed by atoms with van der Waals surface area (Å²) in [7, 11) is 0. The molecular weight excluding hydrogens is 440 g/mol. The van der Waals surface area contributed by atoms with Crippen LogP contribution in [0.1, 0.15) is 51.8 Å². The van der Waals surface area contributed by atoms with Gasteiger partial charge >= 0.3 is 0 Å². The molecule has 3 aromatic rings. The fourth-order valence-corrected chi connectivity index (χ4v) is 5.15. The lowest BCUT2D eigenvalue weighted by Gasteiger charge is -2.24. The Hall–Kier alpha value is -2.76. The Morgan fingerprint density at radius 1 is 1.06 bits per heavy atom. The maximum absolute atomic E-state index is 12.8.